The predicted octanol–water partition coefficient (Wildman–Crippen LogP) is 4.44. The van der Waals surface area contributed by atoms with Crippen molar-refractivity contribution < 1.29 is 52.8 Å². The van der Waals surface area contributed by atoms with Crippen LogP contribution in [0.1, 0.15) is 81.5 Å². The predicted molar refractivity (Wildman–Crippen MR) is 166 cm³/mol. The minimum absolute atomic E-state index is 0.0756. The summed E-state index contributed by atoms with van der Waals surface area (Å²) >= 11 is 0. The third-order valence-corrected chi connectivity index (χ3v) is 10.5. The molecular weight excluding hydrogens is 608 g/mol. The Morgan fingerprint density at radius 1 is 0.723 bits per heavy atom. The lowest BCUT2D eigenvalue weighted by molar-refractivity contribution is -0.328. The van der Waals surface area contributed by atoms with E-state index >= 15 is 0 Å². The summed E-state index contributed by atoms with van der Waals surface area (Å²) in [6.07, 6.45) is -4.69. The number of aliphatic hydroxyl groups is 1. The molecular formula is C36H42O11. The highest BCUT2D eigenvalue weighted by Crippen LogP contribution is 2.75. The van der Waals surface area contributed by atoms with Crippen LogP contribution in [0.25, 0.3) is 0 Å². The molecule has 0 heterocycles. The van der Waals surface area contributed by atoms with Gasteiger partial charge in [0, 0.05) is 26.7 Å². The first-order valence-electron chi connectivity index (χ1n) is 15.8. The molecule has 47 heavy (non-hydrogen) atoms. The molecule has 5 rings (SSSR count). The Hall–Kier alpha value is -4.25. The van der Waals surface area contributed by atoms with E-state index in [1.807, 2.05) is 13.8 Å². The Morgan fingerprint density at radius 3 is 1.77 bits per heavy atom. The van der Waals surface area contributed by atoms with Crippen LogP contribution in [0.15, 0.2) is 60.7 Å². The number of ether oxygens (including phenoxy) is 5. The van der Waals surface area contributed by atoms with Gasteiger partial charge in [0.05, 0.1) is 27.6 Å². The molecule has 3 fully saturated rings. The van der Waals surface area contributed by atoms with Gasteiger partial charge in [-0.3, -0.25) is 14.4 Å². The van der Waals surface area contributed by atoms with Gasteiger partial charge in [0.2, 0.25) is 0 Å². The molecule has 11 heteroatoms. The number of carbonyl (C=O) groups is 5. The normalized spacial score (nSPS) is 33.5. The first-order chi connectivity index (χ1) is 22.1. The van der Waals surface area contributed by atoms with Gasteiger partial charge in [-0.05, 0) is 55.9 Å². The molecule has 3 aliphatic carbocycles. The lowest BCUT2D eigenvalue weighted by Crippen LogP contribution is -2.79. The van der Waals surface area contributed by atoms with E-state index in [-0.39, 0.29) is 30.4 Å². The molecule has 2 bridgehead atoms. The molecule has 11 nitrogen and oxygen atoms in total. The van der Waals surface area contributed by atoms with Crippen molar-refractivity contribution in [2.45, 2.75) is 90.8 Å². The maximum absolute atomic E-state index is 14.0. The van der Waals surface area contributed by atoms with E-state index in [9.17, 15) is 29.1 Å². The molecule has 8 atom stereocenters. The van der Waals surface area contributed by atoms with E-state index in [1.165, 1.54) is 20.8 Å². The summed E-state index contributed by atoms with van der Waals surface area (Å²) in [6.45, 7) is 8.57. The SMILES string of the molecule is CC(=O)OC[C@@]12[C@@H](OC(C)=O)CC[C@](C)(O)[C@]13CC(C)(C)[C@H]([C@@H](OC(=O)c1ccccc1)[C@H]2OC(=O)c1ccccc1)[C@H]3OC(C)=O. The van der Waals surface area contributed by atoms with Gasteiger partial charge in [-0.15, -0.1) is 0 Å². The fourth-order valence-corrected chi connectivity index (χ4v) is 8.87. The van der Waals surface area contributed by atoms with Crippen molar-refractivity contribution in [2.24, 2.45) is 22.2 Å². The maximum Gasteiger partial charge on any atom is 0.338 e. The Balaban J connectivity index is 1.84. The van der Waals surface area contributed by atoms with Gasteiger partial charge in [-0.25, -0.2) is 9.59 Å². The Morgan fingerprint density at radius 2 is 1.26 bits per heavy atom. The van der Waals surface area contributed by atoms with E-state index < -0.39 is 88.6 Å². The molecule has 0 amide bonds. The van der Waals surface area contributed by atoms with Crippen molar-refractivity contribution in [3.63, 3.8) is 0 Å². The first-order valence-corrected chi connectivity index (χ1v) is 15.8. The summed E-state index contributed by atoms with van der Waals surface area (Å²) in [5.74, 6) is -4.33. The number of rotatable bonds is 8. The van der Waals surface area contributed by atoms with Crippen molar-refractivity contribution >= 4 is 29.8 Å². The van der Waals surface area contributed by atoms with Gasteiger partial charge in [0.15, 0.2) is 6.10 Å². The molecule has 1 N–H and O–H groups in total. The third kappa shape index (κ3) is 5.68. The fourth-order valence-electron chi connectivity index (χ4n) is 8.87. The second kappa shape index (κ2) is 12.4. The van der Waals surface area contributed by atoms with E-state index in [0.717, 1.165) is 0 Å². The fraction of sp³-hybridized carbons (Fsp3) is 0.528. The lowest BCUT2D eigenvalue weighted by Gasteiger charge is -2.67. The number of hydrogen-bond acceptors (Lipinski definition) is 11. The van der Waals surface area contributed by atoms with Crippen LogP contribution < -0.4 is 0 Å². The molecule has 1 spiro atoms. The highest BCUT2D eigenvalue weighted by atomic mass is 16.6. The Kier molecular flexibility index (Phi) is 9.00. The second-order valence-electron chi connectivity index (χ2n) is 13.9. The van der Waals surface area contributed by atoms with Gasteiger partial charge in [0.25, 0.3) is 0 Å². The van der Waals surface area contributed by atoms with Crippen LogP contribution in [0, 0.1) is 22.2 Å². The molecule has 0 aliphatic heterocycles. The molecule has 2 aromatic rings. The van der Waals surface area contributed by atoms with Gasteiger partial charge >= 0.3 is 29.8 Å². The molecule has 0 saturated heterocycles. The third-order valence-electron chi connectivity index (χ3n) is 10.5. The molecule has 0 aromatic heterocycles. The smallest absolute Gasteiger partial charge is 0.338 e. The number of fused-ring (bicyclic) bond motifs is 1. The van der Waals surface area contributed by atoms with Crippen LogP contribution in [0.3, 0.4) is 0 Å². The monoisotopic (exact) mass is 650 g/mol. The summed E-state index contributed by atoms with van der Waals surface area (Å²) in [7, 11) is 0. The van der Waals surface area contributed by atoms with Crippen molar-refractivity contribution in [2.75, 3.05) is 6.61 Å². The molecule has 2 aromatic carbocycles. The van der Waals surface area contributed by atoms with Crippen LogP contribution in [0.4, 0.5) is 0 Å². The zero-order valence-corrected chi connectivity index (χ0v) is 27.5. The van der Waals surface area contributed by atoms with Crippen molar-refractivity contribution in [1.29, 1.82) is 0 Å². The zero-order valence-electron chi connectivity index (χ0n) is 27.5. The van der Waals surface area contributed by atoms with Crippen molar-refractivity contribution in [3.8, 4) is 0 Å². The van der Waals surface area contributed by atoms with Crippen LogP contribution in [-0.2, 0) is 38.1 Å². The minimum Gasteiger partial charge on any atom is -0.465 e. The highest BCUT2D eigenvalue weighted by molar-refractivity contribution is 5.90. The van der Waals surface area contributed by atoms with E-state index in [1.54, 1.807) is 67.6 Å². The Labute approximate surface area is 273 Å². The van der Waals surface area contributed by atoms with Gasteiger partial charge in [-0.2, -0.15) is 0 Å². The summed E-state index contributed by atoms with van der Waals surface area (Å²) in [5.41, 5.74) is -5.34. The summed E-state index contributed by atoms with van der Waals surface area (Å²) in [5, 5.41) is 12.5. The number of carbonyl (C=O) groups excluding carboxylic acids is 5. The number of hydrogen-bond donors (Lipinski definition) is 1. The number of esters is 5. The quantitative estimate of drug-likeness (QED) is 0.319. The molecule has 0 radical (unpaired) electrons. The van der Waals surface area contributed by atoms with Gasteiger partial charge in [-0.1, -0.05) is 50.2 Å². The highest BCUT2D eigenvalue weighted by Gasteiger charge is 2.85. The summed E-state index contributed by atoms with van der Waals surface area (Å²) in [6, 6.07) is 16.4. The minimum atomic E-state index is -1.76. The average Bonchev–Trinajstić information content (AvgIpc) is 3.20. The van der Waals surface area contributed by atoms with Crippen molar-refractivity contribution in [3.05, 3.63) is 71.8 Å². The van der Waals surface area contributed by atoms with Crippen LogP contribution >= 0.6 is 0 Å². The van der Waals surface area contributed by atoms with E-state index in [4.69, 9.17) is 23.7 Å². The van der Waals surface area contributed by atoms with E-state index in [2.05, 4.69) is 0 Å². The molecule has 3 aliphatic rings. The van der Waals surface area contributed by atoms with E-state index in [0.29, 0.717) is 0 Å². The first kappa shape index (κ1) is 34.1. The standard InChI is InChI=1S/C36H42O11/c1-21(37)43-20-35-26(44-22(2)38)17-18-34(6,42)36(35)19-33(4,5)27(29(36)45-23(3)39)28(46-31(40)24-13-9-7-10-14-24)30(35)47-32(41)25-15-11-8-12-16-25/h7-16,26-30,42H,17-20H2,1-6H3/t26-,27+,28+,29+,30+,34-,35-,36+/m0/s1. The van der Waals surface area contributed by atoms with Crippen LogP contribution in [0.2, 0.25) is 0 Å². The average molecular weight is 651 g/mol. The summed E-state index contributed by atoms with van der Waals surface area (Å²) in [4.78, 5) is 66.0. The largest absolute Gasteiger partial charge is 0.465 e. The molecule has 3 saturated carbocycles. The van der Waals surface area contributed by atoms with Gasteiger partial charge in [0.1, 0.15) is 24.9 Å². The zero-order chi connectivity index (χ0) is 34.4. The Bertz CT molecular complexity index is 1530. The van der Waals surface area contributed by atoms with Gasteiger partial charge < -0.3 is 28.8 Å². The maximum atomic E-state index is 14.0. The number of benzene rings is 2. The summed E-state index contributed by atoms with van der Waals surface area (Å²) < 4.78 is 30.6. The molecule has 252 valence electrons. The van der Waals surface area contributed by atoms with Crippen LogP contribution in [-0.4, -0.2) is 71.6 Å². The topological polar surface area (TPSA) is 152 Å². The van der Waals surface area contributed by atoms with Crippen LogP contribution in [0.5, 0.6) is 0 Å². The van der Waals surface area contributed by atoms with Crippen molar-refractivity contribution in [1.82, 2.24) is 0 Å². The second-order valence-corrected chi connectivity index (χ2v) is 13.9. The lowest BCUT2D eigenvalue weighted by atomic mass is 9.42. The molecule has 0 unspecified atom stereocenters.